The summed E-state index contributed by atoms with van der Waals surface area (Å²) in [6, 6.07) is 12.5. The Hall–Kier alpha value is -1.48. The van der Waals surface area contributed by atoms with Gasteiger partial charge >= 0.3 is 0 Å². The molecule has 1 heterocycles. The van der Waals surface area contributed by atoms with Crippen LogP contribution in [0.1, 0.15) is 5.82 Å². The van der Waals surface area contributed by atoms with Gasteiger partial charge in [0.25, 0.3) is 0 Å². The summed E-state index contributed by atoms with van der Waals surface area (Å²) in [5.41, 5.74) is 2.12. The third kappa shape index (κ3) is 1.31. The topological polar surface area (TPSA) is 28.7 Å². The first-order valence-corrected chi connectivity index (χ1v) is 5.49. The Morgan fingerprint density at radius 2 is 2.00 bits per heavy atom. The number of H-pyrrole nitrogens is 1. The number of rotatable bonds is 1. The van der Waals surface area contributed by atoms with Crippen molar-refractivity contribution in [1.82, 2.24) is 9.97 Å². The summed E-state index contributed by atoms with van der Waals surface area (Å²) in [5.74, 6) is 1.56. The normalized spacial score (nSPS) is 11.3. The number of hydrogen-bond acceptors (Lipinski definition) is 2. The number of aromatic amines is 1. The van der Waals surface area contributed by atoms with Crippen LogP contribution in [0.3, 0.4) is 0 Å². The second-order valence-corrected chi connectivity index (χ2v) is 3.84. The Labute approximate surface area is 92.7 Å². The predicted molar refractivity (Wildman–Crippen MR) is 66.3 cm³/mol. The largest absolute Gasteiger partial charge is 0.341 e. The highest BCUT2D eigenvalue weighted by atomic mass is 32.1. The van der Waals surface area contributed by atoms with Crippen LogP contribution in [-0.4, -0.2) is 9.97 Å². The fourth-order valence-electron chi connectivity index (χ4n) is 1.87. The lowest BCUT2D eigenvalue weighted by Crippen LogP contribution is -1.77. The molecule has 0 aliphatic heterocycles. The van der Waals surface area contributed by atoms with Crippen molar-refractivity contribution in [2.45, 2.75) is 5.75 Å². The molecule has 1 aromatic heterocycles. The average molecular weight is 214 g/mol. The Kier molecular flexibility index (Phi) is 1.92. The lowest BCUT2D eigenvalue weighted by Gasteiger charge is -1.96. The van der Waals surface area contributed by atoms with Gasteiger partial charge in [0.1, 0.15) is 5.82 Å². The molecule has 0 radical (unpaired) electrons. The van der Waals surface area contributed by atoms with Gasteiger partial charge in [0.05, 0.1) is 11.0 Å². The van der Waals surface area contributed by atoms with E-state index in [1.165, 1.54) is 10.8 Å². The van der Waals surface area contributed by atoms with E-state index in [2.05, 4.69) is 46.9 Å². The molecule has 3 aromatic rings. The molecular formula is C12H10N2S. The van der Waals surface area contributed by atoms with Gasteiger partial charge < -0.3 is 4.98 Å². The molecule has 0 unspecified atom stereocenters. The zero-order chi connectivity index (χ0) is 10.3. The molecule has 2 aromatic carbocycles. The van der Waals surface area contributed by atoms with E-state index < -0.39 is 0 Å². The highest BCUT2D eigenvalue weighted by Crippen LogP contribution is 2.23. The Bertz CT molecular complexity index is 628. The highest BCUT2D eigenvalue weighted by Gasteiger charge is 2.04. The minimum absolute atomic E-state index is 0.642. The monoisotopic (exact) mass is 214 g/mol. The van der Waals surface area contributed by atoms with Gasteiger partial charge in [-0.2, -0.15) is 12.6 Å². The van der Waals surface area contributed by atoms with Crippen molar-refractivity contribution < 1.29 is 0 Å². The van der Waals surface area contributed by atoms with Gasteiger partial charge in [-0.05, 0) is 11.5 Å². The van der Waals surface area contributed by atoms with Crippen molar-refractivity contribution in [3.8, 4) is 0 Å². The van der Waals surface area contributed by atoms with E-state index in [4.69, 9.17) is 0 Å². The maximum Gasteiger partial charge on any atom is 0.117 e. The highest BCUT2D eigenvalue weighted by molar-refractivity contribution is 7.79. The predicted octanol–water partition coefficient (Wildman–Crippen LogP) is 3.15. The van der Waals surface area contributed by atoms with E-state index in [0.29, 0.717) is 5.75 Å². The van der Waals surface area contributed by atoms with Crippen molar-refractivity contribution in [2.75, 3.05) is 0 Å². The van der Waals surface area contributed by atoms with Crippen LogP contribution in [0.25, 0.3) is 21.8 Å². The Balaban J connectivity index is 2.47. The minimum atomic E-state index is 0.642. The van der Waals surface area contributed by atoms with E-state index in [9.17, 15) is 0 Å². The SMILES string of the molecule is SCc1nc2c(ccc3ccccc32)[nH]1. The second kappa shape index (κ2) is 3.28. The van der Waals surface area contributed by atoms with Gasteiger partial charge in [-0.3, -0.25) is 0 Å². The standard InChI is InChI=1S/C12H10N2S/c15-7-11-13-10-6-5-8-3-1-2-4-9(8)12(10)14-11/h1-6,15H,7H2,(H,13,14). The summed E-state index contributed by atoms with van der Waals surface area (Å²) in [7, 11) is 0. The molecule has 0 aliphatic rings. The first kappa shape index (κ1) is 8.80. The molecule has 0 saturated carbocycles. The number of hydrogen-bond donors (Lipinski definition) is 2. The van der Waals surface area contributed by atoms with E-state index in [1.807, 2.05) is 12.1 Å². The molecule has 0 spiro atoms. The smallest absolute Gasteiger partial charge is 0.117 e. The lowest BCUT2D eigenvalue weighted by atomic mass is 10.1. The maximum atomic E-state index is 4.53. The Morgan fingerprint density at radius 3 is 2.87 bits per heavy atom. The molecule has 0 fully saturated rings. The molecule has 74 valence electrons. The molecule has 1 N–H and O–H groups in total. The summed E-state index contributed by atoms with van der Waals surface area (Å²) in [4.78, 5) is 7.78. The molecule has 3 rings (SSSR count). The summed E-state index contributed by atoms with van der Waals surface area (Å²) in [6.07, 6.45) is 0. The van der Waals surface area contributed by atoms with Gasteiger partial charge in [0, 0.05) is 11.1 Å². The number of thiol groups is 1. The van der Waals surface area contributed by atoms with Crippen LogP contribution < -0.4 is 0 Å². The van der Waals surface area contributed by atoms with E-state index in [-0.39, 0.29) is 0 Å². The quantitative estimate of drug-likeness (QED) is 0.598. The van der Waals surface area contributed by atoms with Gasteiger partial charge in [-0.25, -0.2) is 4.98 Å². The number of imidazole rings is 1. The minimum Gasteiger partial charge on any atom is -0.341 e. The fourth-order valence-corrected chi connectivity index (χ4v) is 2.02. The molecule has 2 nitrogen and oxygen atoms in total. The zero-order valence-corrected chi connectivity index (χ0v) is 8.96. The number of benzene rings is 2. The van der Waals surface area contributed by atoms with Gasteiger partial charge in [0.2, 0.25) is 0 Å². The van der Waals surface area contributed by atoms with Crippen molar-refractivity contribution in [1.29, 1.82) is 0 Å². The number of fused-ring (bicyclic) bond motifs is 3. The van der Waals surface area contributed by atoms with E-state index >= 15 is 0 Å². The third-order valence-corrected chi connectivity index (χ3v) is 2.88. The molecule has 15 heavy (non-hydrogen) atoms. The van der Waals surface area contributed by atoms with Crippen molar-refractivity contribution in [3.63, 3.8) is 0 Å². The Morgan fingerprint density at radius 1 is 1.13 bits per heavy atom. The summed E-state index contributed by atoms with van der Waals surface area (Å²) >= 11 is 4.22. The lowest BCUT2D eigenvalue weighted by molar-refractivity contribution is 1.15. The van der Waals surface area contributed by atoms with Crippen LogP contribution in [-0.2, 0) is 5.75 Å². The molecule has 0 saturated heterocycles. The van der Waals surface area contributed by atoms with E-state index in [1.54, 1.807) is 0 Å². The molecule has 0 amide bonds. The second-order valence-electron chi connectivity index (χ2n) is 3.52. The van der Waals surface area contributed by atoms with Crippen molar-refractivity contribution in [2.24, 2.45) is 0 Å². The molecule has 0 bridgehead atoms. The first-order chi connectivity index (χ1) is 7.38. The van der Waals surface area contributed by atoms with Crippen molar-refractivity contribution >= 4 is 34.4 Å². The molecular weight excluding hydrogens is 204 g/mol. The first-order valence-electron chi connectivity index (χ1n) is 4.86. The van der Waals surface area contributed by atoms with Gasteiger partial charge in [0.15, 0.2) is 0 Å². The van der Waals surface area contributed by atoms with Crippen LogP contribution in [0.15, 0.2) is 36.4 Å². The maximum absolute atomic E-state index is 4.53. The van der Waals surface area contributed by atoms with Crippen molar-refractivity contribution in [3.05, 3.63) is 42.2 Å². The van der Waals surface area contributed by atoms with Crippen LogP contribution in [0.5, 0.6) is 0 Å². The third-order valence-electron chi connectivity index (χ3n) is 2.58. The molecule has 3 heteroatoms. The van der Waals surface area contributed by atoms with Crippen LogP contribution in [0.2, 0.25) is 0 Å². The number of nitrogens with one attached hydrogen (secondary N) is 1. The molecule has 0 aliphatic carbocycles. The van der Waals surface area contributed by atoms with Gasteiger partial charge in [-0.1, -0.05) is 30.3 Å². The molecule has 0 atom stereocenters. The number of nitrogens with zero attached hydrogens (tertiary/aromatic N) is 1. The average Bonchev–Trinajstić information content (AvgIpc) is 2.72. The van der Waals surface area contributed by atoms with Crippen LogP contribution >= 0.6 is 12.6 Å². The number of aromatic nitrogens is 2. The summed E-state index contributed by atoms with van der Waals surface area (Å²) in [6.45, 7) is 0. The van der Waals surface area contributed by atoms with E-state index in [0.717, 1.165) is 16.9 Å². The van der Waals surface area contributed by atoms with Crippen LogP contribution in [0, 0.1) is 0 Å². The summed E-state index contributed by atoms with van der Waals surface area (Å²) < 4.78 is 0. The zero-order valence-electron chi connectivity index (χ0n) is 8.07. The summed E-state index contributed by atoms with van der Waals surface area (Å²) in [5, 5.41) is 2.42. The van der Waals surface area contributed by atoms with Crippen LogP contribution in [0.4, 0.5) is 0 Å². The fraction of sp³-hybridized carbons (Fsp3) is 0.0833. The van der Waals surface area contributed by atoms with Gasteiger partial charge in [-0.15, -0.1) is 0 Å².